The third-order valence-electron chi connectivity index (χ3n) is 4.66. The number of hydrogen-bond acceptors (Lipinski definition) is 4. The number of nitrogens with zero attached hydrogens (tertiary/aromatic N) is 3. The van der Waals surface area contributed by atoms with Crippen LogP contribution < -0.4 is 20.1 Å². The second kappa shape index (κ2) is 13.6. The number of nitrogens with one attached hydrogen (secondary N) is 2. The smallest absolute Gasteiger partial charge is 0.387 e. The van der Waals surface area contributed by atoms with Gasteiger partial charge in [0.2, 0.25) is 0 Å². The number of ether oxygens (including phenoxy) is 2. The maximum absolute atomic E-state index is 12.7. The summed E-state index contributed by atoms with van der Waals surface area (Å²) in [6.07, 6.45) is 3.68. The molecule has 2 aromatic carbocycles. The van der Waals surface area contributed by atoms with E-state index in [4.69, 9.17) is 4.74 Å². The van der Waals surface area contributed by atoms with E-state index in [1.54, 1.807) is 18.3 Å². The molecule has 3 aromatic rings. The van der Waals surface area contributed by atoms with E-state index in [1.165, 1.54) is 13.2 Å². The normalized spacial score (nSPS) is 11.1. The van der Waals surface area contributed by atoms with Crippen LogP contribution in [0.2, 0.25) is 0 Å². The Balaban J connectivity index is 0.00000385. The maximum atomic E-state index is 12.7. The molecule has 0 bridgehead atoms. The van der Waals surface area contributed by atoms with E-state index in [9.17, 15) is 8.78 Å². The van der Waals surface area contributed by atoms with Gasteiger partial charge in [0.05, 0.1) is 20.2 Å². The van der Waals surface area contributed by atoms with Crippen LogP contribution in [0.15, 0.2) is 65.9 Å². The SMILES string of the molecule is CCNC(=NCc1ccc(OC)c(OC(F)F)c1)NCc1ccccc1Cn1cccn1.I. The van der Waals surface area contributed by atoms with Crippen LogP contribution in [0.4, 0.5) is 8.78 Å². The molecule has 0 saturated heterocycles. The summed E-state index contributed by atoms with van der Waals surface area (Å²) in [4.78, 5) is 4.57. The summed E-state index contributed by atoms with van der Waals surface area (Å²) in [6.45, 7) is 1.27. The predicted octanol–water partition coefficient (Wildman–Crippen LogP) is 4.41. The zero-order valence-corrected chi connectivity index (χ0v) is 20.8. The van der Waals surface area contributed by atoms with E-state index in [0.29, 0.717) is 25.6 Å². The number of guanidine groups is 1. The fourth-order valence-electron chi connectivity index (χ4n) is 3.15. The van der Waals surface area contributed by atoms with E-state index in [2.05, 4.69) is 37.6 Å². The fourth-order valence-corrected chi connectivity index (χ4v) is 3.15. The highest BCUT2D eigenvalue weighted by Crippen LogP contribution is 2.29. The summed E-state index contributed by atoms with van der Waals surface area (Å²) in [5, 5.41) is 10.8. The number of rotatable bonds is 10. The monoisotopic (exact) mass is 571 g/mol. The molecule has 0 saturated carbocycles. The Morgan fingerprint density at radius 1 is 1.09 bits per heavy atom. The Morgan fingerprint density at radius 3 is 2.55 bits per heavy atom. The quantitative estimate of drug-likeness (QED) is 0.214. The number of benzene rings is 2. The first kappa shape index (κ1) is 26.4. The molecule has 0 spiro atoms. The van der Waals surface area contributed by atoms with Gasteiger partial charge in [-0.1, -0.05) is 30.3 Å². The Morgan fingerprint density at radius 2 is 1.88 bits per heavy atom. The van der Waals surface area contributed by atoms with E-state index >= 15 is 0 Å². The molecule has 0 unspecified atom stereocenters. The van der Waals surface area contributed by atoms with E-state index in [1.807, 2.05) is 36.0 Å². The Bertz CT molecular complexity index is 1020. The predicted molar refractivity (Wildman–Crippen MR) is 134 cm³/mol. The van der Waals surface area contributed by atoms with Crippen molar-refractivity contribution in [3.05, 3.63) is 77.6 Å². The third-order valence-corrected chi connectivity index (χ3v) is 4.66. The minimum absolute atomic E-state index is 0. The second-order valence-corrected chi connectivity index (χ2v) is 6.88. The summed E-state index contributed by atoms with van der Waals surface area (Å²) < 4.78 is 36.8. The van der Waals surface area contributed by atoms with Crippen molar-refractivity contribution in [2.24, 2.45) is 4.99 Å². The lowest BCUT2D eigenvalue weighted by molar-refractivity contribution is -0.0512. The van der Waals surface area contributed by atoms with Gasteiger partial charge in [0.25, 0.3) is 0 Å². The first-order chi connectivity index (χ1) is 15.6. The van der Waals surface area contributed by atoms with Crippen LogP contribution in [0.25, 0.3) is 0 Å². The molecule has 0 radical (unpaired) electrons. The molecule has 1 aromatic heterocycles. The molecular formula is C23H28F2IN5O2. The van der Waals surface area contributed by atoms with Crippen molar-refractivity contribution in [2.45, 2.75) is 33.2 Å². The minimum Gasteiger partial charge on any atom is -0.493 e. The molecule has 0 fully saturated rings. The number of hydrogen-bond donors (Lipinski definition) is 2. The topological polar surface area (TPSA) is 72.7 Å². The highest BCUT2D eigenvalue weighted by Gasteiger charge is 2.11. The third kappa shape index (κ3) is 8.19. The van der Waals surface area contributed by atoms with Gasteiger partial charge in [0.15, 0.2) is 17.5 Å². The molecule has 0 aliphatic carbocycles. The lowest BCUT2D eigenvalue weighted by Crippen LogP contribution is -2.37. The van der Waals surface area contributed by atoms with Crippen LogP contribution >= 0.6 is 24.0 Å². The summed E-state index contributed by atoms with van der Waals surface area (Å²) in [6, 6.07) is 14.9. The maximum Gasteiger partial charge on any atom is 0.387 e. The van der Waals surface area contributed by atoms with Crippen molar-refractivity contribution < 1.29 is 18.3 Å². The molecule has 0 amide bonds. The molecule has 3 rings (SSSR count). The van der Waals surface area contributed by atoms with Crippen LogP contribution in [0.1, 0.15) is 23.6 Å². The van der Waals surface area contributed by atoms with Crippen LogP contribution in [0.3, 0.4) is 0 Å². The molecule has 178 valence electrons. The molecule has 2 N–H and O–H groups in total. The van der Waals surface area contributed by atoms with E-state index < -0.39 is 6.61 Å². The molecule has 0 aliphatic heterocycles. The average molecular weight is 571 g/mol. The summed E-state index contributed by atoms with van der Waals surface area (Å²) >= 11 is 0. The Kier molecular flexibility index (Phi) is 10.9. The molecule has 33 heavy (non-hydrogen) atoms. The first-order valence-corrected chi connectivity index (χ1v) is 10.3. The van der Waals surface area contributed by atoms with E-state index in [-0.39, 0.29) is 42.0 Å². The van der Waals surface area contributed by atoms with Crippen molar-refractivity contribution in [3.63, 3.8) is 0 Å². The average Bonchev–Trinajstić information content (AvgIpc) is 3.29. The number of halogens is 3. The van der Waals surface area contributed by atoms with Gasteiger partial charge in [-0.3, -0.25) is 4.68 Å². The van der Waals surface area contributed by atoms with Crippen molar-refractivity contribution in [1.82, 2.24) is 20.4 Å². The minimum atomic E-state index is -2.93. The Hall–Kier alpha value is -2.89. The van der Waals surface area contributed by atoms with Gasteiger partial charge in [-0.2, -0.15) is 13.9 Å². The van der Waals surface area contributed by atoms with Crippen molar-refractivity contribution in [1.29, 1.82) is 0 Å². The van der Waals surface area contributed by atoms with Crippen LogP contribution in [-0.2, 0) is 19.6 Å². The van der Waals surface area contributed by atoms with Gasteiger partial charge in [-0.25, -0.2) is 4.99 Å². The van der Waals surface area contributed by atoms with Gasteiger partial charge in [-0.15, -0.1) is 24.0 Å². The van der Waals surface area contributed by atoms with Crippen molar-refractivity contribution >= 4 is 29.9 Å². The van der Waals surface area contributed by atoms with Crippen LogP contribution in [0, 0.1) is 0 Å². The van der Waals surface area contributed by atoms with Gasteiger partial charge in [0, 0.05) is 25.5 Å². The molecule has 0 atom stereocenters. The van der Waals surface area contributed by atoms with E-state index in [0.717, 1.165) is 16.7 Å². The van der Waals surface area contributed by atoms with Gasteiger partial charge in [0.1, 0.15) is 0 Å². The van der Waals surface area contributed by atoms with Gasteiger partial charge >= 0.3 is 6.61 Å². The lowest BCUT2D eigenvalue weighted by Gasteiger charge is -2.15. The number of aliphatic imine (C=N–C) groups is 1. The summed E-state index contributed by atoms with van der Waals surface area (Å²) in [5.74, 6) is 0.853. The fraction of sp³-hybridized carbons (Fsp3) is 0.304. The zero-order valence-electron chi connectivity index (χ0n) is 18.5. The summed E-state index contributed by atoms with van der Waals surface area (Å²) in [5.41, 5.74) is 3.01. The van der Waals surface area contributed by atoms with Crippen LogP contribution in [0.5, 0.6) is 11.5 Å². The van der Waals surface area contributed by atoms with Gasteiger partial charge < -0.3 is 20.1 Å². The van der Waals surface area contributed by atoms with Crippen molar-refractivity contribution in [2.75, 3.05) is 13.7 Å². The number of alkyl halides is 2. The molecular weight excluding hydrogens is 543 g/mol. The molecule has 10 heteroatoms. The second-order valence-electron chi connectivity index (χ2n) is 6.88. The first-order valence-electron chi connectivity index (χ1n) is 10.3. The Labute approximate surface area is 209 Å². The van der Waals surface area contributed by atoms with Gasteiger partial charge in [-0.05, 0) is 41.8 Å². The zero-order chi connectivity index (χ0) is 22.8. The highest BCUT2D eigenvalue weighted by atomic mass is 127. The molecule has 0 aliphatic rings. The number of aromatic nitrogens is 2. The lowest BCUT2D eigenvalue weighted by atomic mass is 10.1. The standard InChI is InChI=1S/C23H27F2N5O2.HI/c1-3-26-23(27-14-17-9-10-20(31-2)21(13-17)32-22(24)25)28-15-18-7-4-5-8-19(18)16-30-12-6-11-29-30;/h4-13,22H,3,14-16H2,1-2H3,(H2,26,27,28);1H. The van der Waals surface area contributed by atoms with Crippen molar-refractivity contribution in [3.8, 4) is 11.5 Å². The largest absolute Gasteiger partial charge is 0.493 e. The molecule has 1 heterocycles. The molecule has 7 nitrogen and oxygen atoms in total. The van der Waals surface area contributed by atoms with Crippen LogP contribution in [-0.4, -0.2) is 36.0 Å². The highest BCUT2D eigenvalue weighted by molar-refractivity contribution is 14.0. The summed E-state index contributed by atoms with van der Waals surface area (Å²) in [7, 11) is 1.41. The number of methoxy groups -OCH3 is 1.